The molecule has 0 saturated carbocycles. The minimum atomic E-state index is -2.88. The lowest BCUT2D eigenvalue weighted by molar-refractivity contribution is 0.272. The third kappa shape index (κ3) is 4.08. The summed E-state index contributed by atoms with van der Waals surface area (Å²) in [6, 6.07) is 1.26. The third-order valence-corrected chi connectivity index (χ3v) is 6.21. The minimum absolute atomic E-state index is 0. The van der Waals surface area contributed by atoms with Crippen molar-refractivity contribution in [3.63, 3.8) is 0 Å². The highest BCUT2D eigenvalue weighted by molar-refractivity contribution is 7.92. The largest absolute Gasteiger partial charge is 0.310 e. The number of nitrogens with one attached hydrogen (secondary N) is 1. The molecule has 2 rings (SSSR count). The maximum atomic E-state index is 11.8. The second kappa shape index (κ2) is 6.55. The molecule has 2 atom stereocenters. The molecule has 2 saturated heterocycles. The van der Waals surface area contributed by atoms with Gasteiger partial charge >= 0.3 is 0 Å². The third-order valence-electron chi connectivity index (χ3n) is 4.02. The fourth-order valence-corrected chi connectivity index (χ4v) is 3.69. The van der Waals surface area contributed by atoms with Crippen molar-refractivity contribution < 1.29 is 8.42 Å². The zero-order chi connectivity index (χ0) is 12.5. The average Bonchev–Trinajstić information content (AvgIpc) is 2.57. The van der Waals surface area contributed by atoms with Gasteiger partial charge in [0.15, 0.2) is 9.84 Å². The second-order valence-corrected chi connectivity index (χ2v) is 8.32. The monoisotopic (exact) mass is 296 g/mol. The van der Waals surface area contributed by atoms with E-state index in [0.717, 1.165) is 19.5 Å². The number of hydrogen-bond acceptors (Lipinski definition) is 4. The van der Waals surface area contributed by atoms with E-state index in [1.807, 2.05) is 0 Å². The molecule has 4 nitrogen and oxygen atoms in total. The molecule has 2 fully saturated rings. The van der Waals surface area contributed by atoms with E-state index in [2.05, 4.69) is 10.2 Å². The molecule has 2 aliphatic rings. The Morgan fingerprint density at radius 3 is 2.56 bits per heavy atom. The van der Waals surface area contributed by atoms with E-state index in [9.17, 15) is 8.42 Å². The van der Waals surface area contributed by atoms with E-state index < -0.39 is 9.84 Å². The maximum absolute atomic E-state index is 11.8. The van der Waals surface area contributed by atoms with Crippen molar-refractivity contribution in [1.29, 1.82) is 0 Å². The van der Waals surface area contributed by atoms with Crippen LogP contribution in [-0.4, -0.2) is 56.0 Å². The Kier molecular flexibility index (Phi) is 5.90. The van der Waals surface area contributed by atoms with Gasteiger partial charge in [-0.15, -0.1) is 12.4 Å². The van der Waals surface area contributed by atoms with Crippen molar-refractivity contribution in [2.45, 2.75) is 50.4 Å². The minimum Gasteiger partial charge on any atom is -0.310 e. The molecule has 0 spiro atoms. The first-order chi connectivity index (χ1) is 7.97. The number of hydrogen-bond donors (Lipinski definition) is 1. The lowest BCUT2D eigenvalue weighted by Gasteiger charge is -2.24. The van der Waals surface area contributed by atoms with Gasteiger partial charge in [-0.3, -0.25) is 0 Å². The number of rotatable bonds is 4. The lowest BCUT2D eigenvalue weighted by Crippen LogP contribution is -2.38. The van der Waals surface area contributed by atoms with Gasteiger partial charge in [0.05, 0.1) is 11.0 Å². The summed E-state index contributed by atoms with van der Waals surface area (Å²) in [7, 11) is -2.88. The topological polar surface area (TPSA) is 49.4 Å². The Morgan fingerprint density at radius 1 is 1.22 bits per heavy atom. The predicted molar refractivity (Wildman–Crippen MR) is 77.2 cm³/mol. The van der Waals surface area contributed by atoms with Crippen molar-refractivity contribution >= 4 is 22.2 Å². The summed E-state index contributed by atoms with van der Waals surface area (Å²) in [4.78, 5) is 2.32. The summed E-state index contributed by atoms with van der Waals surface area (Å²) in [6.45, 7) is 6.29. The molecule has 2 heterocycles. The van der Waals surface area contributed by atoms with Crippen LogP contribution in [0.1, 0.15) is 33.1 Å². The van der Waals surface area contributed by atoms with Crippen molar-refractivity contribution in [2.75, 3.05) is 25.4 Å². The first kappa shape index (κ1) is 16.2. The molecule has 0 amide bonds. The summed E-state index contributed by atoms with van der Waals surface area (Å²) in [5, 5.41) is 3.37. The van der Waals surface area contributed by atoms with Crippen molar-refractivity contribution in [3.05, 3.63) is 0 Å². The summed E-state index contributed by atoms with van der Waals surface area (Å²) in [5.41, 5.74) is 0. The maximum Gasteiger partial charge on any atom is 0.153 e. The van der Waals surface area contributed by atoms with Gasteiger partial charge in [-0.25, -0.2) is 8.42 Å². The lowest BCUT2D eigenvalue weighted by atomic mass is 10.1. The number of halogens is 1. The molecule has 0 radical (unpaired) electrons. The molecule has 2 aliphatic heterocycles. The van der Waals surface area contributed by atoms with Gasteiger partial charge in [-0.05, 0) is 39.7 Å². The fourth-order valence-electron chi connectivity index (χ4n) is 2.71. The Labute approximate surface area is 117 Å². The van der Waals surface area contributed by atoms with Gasteiger partial charge < -0.3 is 10.2 Å². The number of fused-ring (bicyclic) bond motifs is 2. The van der Waals surface area contributed by atoms with Gasteiger partial charge in [-0.2, -0.15) is 0 Å². The van der Waals surface area contributed by atoms with Gasteiger partial charge in [0.25, 0.3) is 0 Å². The summed E-state index contributed by atoms with van der Waals surface area (Å²) in [5.74, 6) is 0.308. The quantitative estimate of drug-likeness (QED) is 0.843. The highest BCUT2D eigenvalue weighted by Crippen LogP contribution is 2.20. The van der Waals surface area contributed by atoms with Crippen LogP contribution in [0.4, 0.5) is 0 Å². The van der Waals surface area contributed by atoms with Crippen LogP contribution < -0.4 is 5.32 Å². The van der Waals surface area contributed by atoms with Crippen LogP contribution >= 0.6 is 12.4 Å². The van der Waals surface area contributed by atoms with E-state index in [4.69, 9.17) is 0 Å². The molecule has 18 heavy (non-hydrogen) atoms. The summed E-state index contributed by atoms with van der Waals surface area (Å²) < 4.78 is 23.6. The van der Waals surface area contributed by atoms with Crippen LogP contribution in [0, 0.1) is 0 Å². The molecule has 0 aliphatic carbocycles. The van der Waals surface area contributed by atoms with E-state index in [-0.39, 0.29) is 17.7 Å². The molecule has 6 heteroatoms. The van der Waals surface area contributed by atoms with Crippen LogP contribution in [0.15, 0.2) is 0 Å². The van der Waals surface area contributed by atoms with Crippen molar-refractivity contribution in [3.8, 4) is 0 Å². The molecular formula is C12H25ClN2O2S. The second-order valence-electron chi connectivity index (χ2n) is 5.64. The molecular weight excluding hydrogens is 272 g/mol. The number of sulfone groups is 1. The highest BCUT2D eigenvalue weighted by Gasteiger charge is 2.29. The summed E-state index contributed by atoms with van der Waals surface area (Å²) in [6.07, 6.45) is 3.71. The van der Waals surface area contributed by atoms with Crippen LogP contribution in [0.5, 0.6) is 0 Å². The Morgan fingerprint density at radius 2 is 1.89 bits per heavy atom. The van der Waals surface area contributed by atoms with Crippen LogP contribution in [0.2, 0.25) is 0 Å². The molecule has 2 bridgehead atoms. The molecule has 2 unspecified atom stereocenters. The molecule has 0 aromatic carbocycles. The predicted octanol–water partition coefficient (Wildman–Crippen LogP) is 1.06. The first-order valence-electron chi connectivity index (χ1n) is 6.67. The fraction of sp³-hybridized carbons (Fsp3) is 1.00. The Bertz CT molecular complexity index is 359. The molecule has 1 N–H and O–H groups in total. The van der Waals surface area contributed by atoms with Crippen LogP contribution in [0.25, 0.3) is 0 Å². The Balaban J connectivity index is 0.00000162. The number of likely N-dealkylation sites (tertiary alicyclic amines) is 1. The van der Waals surface area contributed by atoms with Crippen molar-refractivity contribution in [1.82, 2.24) is 10.2 Å². The number of nitrogens with zero attached hydrogens (tertiary/aromatic N) is 1. The van der Waals surface area contributed by atoms with Crippen molar-refractivity contribution in [2.24, 2.45) is 0 Å². The van der Waals surface area contributed by atoms with E-state index in [0.29, 0.717) is 24.4 Å². The van der Waals surface area contributed by atoms with Crippen LogP contribution in [-0.2, 0) is 9.84 Å². The Hall–Kier alpha value is 0.160. The van der Waals surface area contributed by atoms with Gasteiger partial charge in [0.1, 0.15) is 0 Å². The summed E-state index contributed by atoms with van der Waals surface area (Å²) >= 11 is 0. The zero-order valence-corrected chi connectivity index (χ0v) is 12.9. The highest BCUT2D eigenvalue weighted by atomic mass is 35.5. The van der Waals surface area contributed by atoms with E-state index >= 15 is 0 Å². The van der Waals surface area contributed by atoms with Gasteiger partial charge in [0.2, 0.25) is 0 Å². The molecule has 0 aromatic rings. The first-order valence-corrected chi connectivity index (χ1v) is 8.39. The smallest absolute Gasteiger partial charge is 0.153 e. The standard InChI is InChI=1S/C12H24N2O2S.ClH/c1-10(2)17(15,16)8-7-14-6-5-11-3-4-12(9-14)13-11;/h10-13H,3-9H2,1-2H3;1H. The van der Waals surface area contributed by atoms with E-state index in [1.54, 1.807) is 13.8 Å². The average molecular weight is 297 g/mol. The molecule has 108 valence electrons. The van der Waals surface area contributed by atoms with Gasteiger partial charge in [-0.1, -0.05) is 0 Å². The van der Waals surface area contributed by atoms with Crippen LogP contribution in [0.3, 0.4) is 0 Å². The SMILES string of the molecule is CC(C)S(=O)(=O)CCN1CCC2CCC(C1)N2.Cl. The normalized spacial score (nSPS) is 29.1. The molecule has 0 aromatic heterocycles. The zero-order valence-electron chi connectivity index (χ0n) is 11.3. The van der Waals surface area contributed by atoms with E-state index in [1.165, 1.54) is 12.8 Å². The van der Waals surface area contributed by atoms with Gasteiger partial charge in [0, 0.05) is 25.2 Å².